The number of carbonyl (C=O) groups excluding carboxylic acids is 1. The first-order chi connectivity index (χ1) is 13.7. The third kappa shape index (κ3) is 4.52. The Kier molecular flexibility index (Phi) is 5.59. The summed E-state index contributed by atoms with van der Waals surface area (Å²) in [5, 5.41) is 2.93. The van der Waals surface area contributed by atoms with Gasteiger partial charge in [-0.1, -0.05) is 0 Å². The Morgan fingerprint density at radius 1 is 1.11 bits per heavy atom. The van der Waals surface area contributed by atoms with Crippen molar-refractivity contribution < 1.29 is 19.0 Å². The van der Waals surface area contributed by atoms with Crippen LogP contribution in [0.4, 0.5) is 5.69 Å². The van der Waals surface area contributed by atoms with E-state index in [1.165, 1.54) is 5.56 Å². The topological polar surface area (TPSA) is 76.2 Å². The van der Waals surface area contributed by atoms with Crippen LogP contribution < -0.4 is 19.5 Å². The highest BCUT2D eigenvalue weighted by molar-refractivity contribution is 5.92. The lowest BCUT2D eigenvalue weighted by atomic mass is 10.2. The molecule has 0 saturated carbocycles. The number of ether oxygens (including phenoxy) is 3. The molecule has 4 rings (SSSR count). The van der Waals surface area contributed by atoms with Crippen LogP contribution in [0, 0.1) is 0 Å². The van der Waals surface area contributed by atoms with Crippen molar-refractivity contribution in [2.45, 2.75) is 6.54 Å². The number of pyridine rings is 1. The molecular formula is C20H24N4O4. The lowest BCUT2D eigenvalue weighted by Crippen LogP contribution is -2.48. The summed E-state index contributed by atoms with van der Waals surface area (Å²) in [7, 11) is 1.62. The minimum absolute atomic E-state index is 0.0221. The molecule has 0 unspecified atom stereocenters. The van der Waals surface area contributed by atoms with Gasteiger partial charge < -0.3 is 19.5 Å². The average molecular weight is 384 g/mol. The lowest BCUT2D eigenvalue weighted by molar-refractivity contribution is -0.117. The summed E-state index contributed by atoms with van der Waals surface area (Å²) in [5.41, 5.74) is 1.90. The van der Waals surface area contributed by atoms with E-state index in [-0.39, 0.29) is 12.7 Å². The van der Waals surface area contributed by atoms with Crippen molar-refractivity contribution in [2.75, 3.05) is 51.9 Å². The standard InChI is InChI=1S/C20H24N4O4/c1-26-20-10-15(4-5-21-20)12-23-6-8-24(9-7-23)13-19(25)22-16-2-3-17-18(11-16)28-14-27-17/h2-5,10-11H,6-9,12-14H2,1H3,(H,22,25). The smallest absolute Gasteiger partial charge is 0.238 e. The Balaban J connectivity index is 1.23. The molecular weight excluding hydrogens is 360 g/mol. The molecule has 0 aliphatic carbocycles. The molecule has 148 valence electrons. The number of piperazine rings is 1. The van der Waals surface area contributed by atoms with Crippen molar-refractivity contribution in [2.24, 2.45) is 0 Å². The first kappa shape index (κ1) is 18.5. The molecule has 0 bridgehead atoms. The SMILES string of the molecule is COc1cc(CN2CCN(CC(=O)Nc3ccc4c(c3)OCO4)CC2)ccn1. The Hall–Kier alpha value is -2.84. The summed E-state index contributed by atoms with van der Waals surface area (Å²) < 4.78 is 15.8. The zero-order valence-electron chi connectivity index (χ0n) is 15.9. The van der Waals surface area contributed by atoms with E-state index in [0.717, 1.165) is 38.4 Å². The summed E-state index contributed by atoms with van der Waals surface area (Å²) in [6, 6.07) is 9.40. The van der Waals surface area contributed by atoms with Crippen LogP contribution in [0.25, 0.3) is 0 Å². The summed E-state index contributed by atoms with van der Waals surface area (Å²) in [5.74, 6) is 1.99. The average Bonchev–Trinajstić information content (AvgIpc) is 3.17. The number of methoxy groups -OCH3 is 1. The quantitative estimate of drug-likeness (QED) is 0.810. The van der Waals surface area contributed by atoms with Crippen molar-refractivity contribution in [1.82, 2.24) is 14.8 Å². The van der Waals surface area contributed by atoms with Gasteiger partial charge in [0.2, 0.25) is 18.6 Å². The molecule has 1 amide bonds. The lowest BCUT2D eigenvalue weighted by Gasteiger charge is -2.34. The Bertz CT molecular complexity index is 837. The number of benzene rings is 1. The maximum atomic E-state index is 12.4. The van der Waals surface area contributed by atoms with E-state index in [4.69, 9.17) is 14.2 Å². The number of hydrogen-bond donors (Lipinski definition) is 1. The van der Waals surface area contributed by atoms with Crippen molar-refractivity contribution >= 4 is 11.6 Å². The van der Waals surface area contributed by atoms with Crippen LogP contribution in [0.2, 0.25) is 0 Å². The Morgan fingerprint density at radius 2 is 1.89 bits per heavy atom. The molecule has 2 aliphatic rings. The van der Waals surface area contributed by atoms with E-state index in [1.807, 2.05) is 24.3 Å². The van der Waals surface area contributed by atoms with Crippen molar-refractivity contribution in [3.05, 3.63) is 42.1 Å². The monoisotopic (exact) mass is 384 g/mol. The highest BCUT2D eigenvalue weighted by atomic mass is 16.7. The highest BCUT2D eigenvalue weighted by Crippen LogP contribution is 2.34. The van der Waals surface area contributed by atoms with E-state index >= 15 is 0 Å². The predicted octanol–water partition coefficient (Wildman–Crippen LogP) is 1.58. The first-order valence-corrected chi connectivity index (χ1v) is 9.33. The summed E-state index contributed by atoms with van der Waals surface area (Å²) >= 11 is 0. The van der Waals surface area contributed by atoms with Gasteiger partial charge in [0.25, 0.3) is 0 Å². The van der Waals surface area contributed by atoms with Gasteiger partial charge in [0.1, 0.15) is 0 Å². The van der Waals surface area contributed by atoms with E-state index < -0.39 is 0 Å². The third-order valence-corrected chi connectivity index (χ3v) is 4.90. The number of carbonyl (C=O) groups is 1. The zero-order valence-corrected chi connectivity index (χ0v) is 15.9. The second-order valence-corrected chi connectivity index (χ2v) is 6.87. The number of aromatic nitrogens is 1. The van der Waals surface area contributed by atoms with Crippen molar-refractivity contribution in [1.29, 1.82) is 0 Å². The van der Waals surface area contributed by atoms with Crippen LogP contribution in [0.5, 0.6) is 17.4 Å². The molecule has 1 aromatic carbocycles. The van der Waals surface area contributed by atoms with Crippen LogP contribution in [0.1, 0.15) is 5.56 Å². The molecule has 0 atom stereocenters. The van der Waals surface area contributed by atoms with Gasteiger partial charge in [-0.25, -0.2) is 4.98 Å². The molecule has 1 fully saturated rings. The largest absolute Gasteiger partial charge is 0.481 e. The van der Waals surface area contributed by atoms with Gasteiger partial charge in [-0.05, 0) is 23.8 Å². The fourth-order valence-electron chi connectivity index (χ4n) is 3.40. The van der Waals surface area contributed by atoms with Crippen LogP contribution in [-0.2, 0) is 11.3 Å². The Labute approximate surface area is 164 Å². The van der Waals surface area contributed by atoms with Crippen LogP contribution in [0.3, 0.4) is 0 Å². The molecule has 3 heterocycles. The zero-order chi connectivity index (χ0) is 19.3. The summed E-state index contributed by atoms with van der Waals surface area (Å²) in [4.78, 5) is 21.1. The van der Waals surface area contributed by atoms with Crippen LogP contribution >= 0.6 is 0 Å². The Morgan fingerprint density at radius 3 is 2.71 bits per heavy atom. The van der Waals surface area contributed by atoms with Gasteiger partial charge in [-0.15, -0.1) is 0 Å². The molecule has 28 heavy (non-hydrogen) atoms. The fourth-order valence-corrected chi connectivity index (χ4v) is 3.40. The molecule has 2 aromatic rings. The predicted molar refractivity (Wildman–Crippen MR) is 104 cm³/mol. The van der Waals surface area contributed by atoms with E-state index in [0.29, 0.717) is 23.9 Å². The van der Waals surface area contributed by atoms with E-state index in [9.17, 15) is 4.79 Å². The summed E-state index contributed by atoms with van der Waals surface area (Å²) in [6.45, 7) is 5.02. The molecule has 2 aliphatic heterocycles. The second kappa shape index (κ2) is 8.45. The van der Waals surface area contributed by atoms with Gasteiger partial charge in [0, 0.05) is 56.7 Å². The molecule has 8 nitrogen and oxygen atoms in total. The highest BCUT2D eigenvalue weighted by Gasteiger charge is 2.20. The van der Waals surface area contributed by atoms with Crippen LogP contribution in [0.15, 0.2) is 36.5 Å². The maximum absolute atomic E-state index is 12.4. The molecule has 1 N–H and O–H groups in total. The molecule has 1 saturated heterocycles. The maximum Gasteiger partial charge on any atom is 0.238 e. The second-order valence-electron chi connectivity index (χ2n) is 6.87. The van der Waals surface area contributed by atoms with Gasteiger partial charge in [0.05, 0.1) is 13.7 Å². The van der Waals surface area contributed by atoms with Gasteiger partial charge in [-0.2, -0.15) is 0 Å². The van der Waals surface area contributed by atoms with E-state index in [1.54, 1.807) is 19.4 Å². The number of hydrogen-bond acceptors (Lipinski definition) is 7. The number of amides is 1. The van der Waals surface area contributed by atoms with Gasteiger partial charge in [-0.3, -0.25) is 14.6 Å². The van der Waals surface area contributed by atoms with Crippen molar-refractivity contribution in [3.63, 3.8) is 0 Å². The van der Waals surface area contributed by atoms with Gasteiger partial charge in [0.15, 0.2) is 11.5 Å². The molecule has 0 radical (unpaired) electrons. The van der Waals surface area contributed by atoms with Crippen LogP contribution in [-0.4, -0.2) is 67.3 Å². The number of nitrogens with zero attached hydrogens (tertiary/aromatic N) is 3. The minimum atomic E-state index is -0.0221. The fraction of sp³-hybridized carbons (Fsp3) is 0.400. The number of rotatable bonds is 6. The normalized spacial score (nSPS) is 16.8. The number of fused-ring (bicyclic) bond motifs is 1. The van der Waals surface area contributed by atoms with E-state index in [2.05, 4.69) is 20.1 Å². The molecule has 1 aromatic heterocycles. The third-order valence-electron chi connectivity index (χ3n) is 4.90. The first-order valence-electron chi connectivity index (χ1n) is 9.33. The molecule has 8 heteroatoms. The number of anilines is 1. The molecule has 0 spiro atoms. The summed E-state index contributed by atoms with van der Waals surface area (Å²) in [6.07, 6.45) is 1.77. The van der Waals surface area contributed by atoms with Gasteiger partial charge >= 0.3 is 0 Å². The number of nitrogens with one attached hydrogen (secondary N) is 1. The minimum Gasteiger partial charge on any atom is -0.481 e. The van der Waals surface area contributed by atoms with Crippen molar-refractivity contribution in [3.8, 4) is 17.4 Å².